The van der Waals surface area contributed by atoms with Gasteiger partial charge in [-0.05, 0) is 24.8 Å². The summed E-state index contributed by atoms with van der Waals surface area (Å²) in [4.78, 5) is 4.27. The second kappa shape index (κ2) is 14.0. The van der Waals surface area contributed by atoms with E-state index in [9.17, 15) is 0 Å². The maximum atomic E-state index is 5.90. The van der Waals surface area contributed by atoms with Gasteiger partial charge in [0.2, 0.25) is 0 Å². The minimum absolute atomic E-state index is 0. The van der Waals surface area contributed by atoms with E-state index in [0.717, 1.165) is 63.1 Å². The molecule has 27 heavy (non-hydrogen) atoms. The Morgan fingerprint density at radius 1 is 1.30 bits per heavy atom. The van der Waals surface area contributed by atoms with Crippen molar-refractivity contribution in [3.05, 3.63) is 29.8 Å². The summed E-state index contributed by atoms with van der Waals surface area (Å²) in [5.41, 5.74) is 1.13. The molecule has 2 N–H and O–H groups in total. The molecular formula is C20H34IN3O3. The first kappa shape index (κ1) is 24.0. The summed E-state index contributed by atoms with van der Waals surface area (Å²) in [6, 6.07) is 8.12. The monoisotopic (exact) mass is 491 g/mol. The fourth-order valence-electron chi connectivity index (χ4n) is 2.62. The molecule has 0 radical (unpaired) electrons. The number of hydrogen-bond acceptors (Lipinski definition) is 4. The lowest BCUT2D eigenvalue weighted by Gasteiger charge is -2.16. The summed E-state index contributed by atoms with van der Waals surface area (Å²) in [6.45, 7) is 8.80. The molecule has 1 unspecified atom stereocenters. The van der Waals surface area contributed by atoms with Crippen LogP contribution < -0.4 is 15.4 Å². The molecule has 1 aromatic rings. The van der Waals surface area contributed by atoms with Crippen molar-refractivity contribution in [1.29, 1.82) is 0 Å². The van der Waals surface area contributed by atoms with Gasteiger partial charge < -0.3 is 24.8 Å². The van der Waals surface area contributed by atoms with E-state index in [4.69, 9.17) is 14.2 Å². The Morgan fingerprint density at radius 2 is 2.11 bits per heavy atom. The second-order valence-corrected chi connectivity index (χ2v) is 6.88. The number of nitrogens with one attached hydrogen (secondary N) is 2. The maximum absolute atomic E-state index is 5.90. The number of aliphatic imine (C=N–C) groups is 1. The molecule has 0 saturated carbocycles. The predicted molar refractivity (Wildman–Crippen MR) is 120 cm³/mol. The number of halogens is 1. The topological polar surface area (TPSA) is 64.1 Å². The molecule has 0 bridgehead atoms. The van der Waals surface area contributed by atoms with Gasteiger partial charge in [-0.2, -0.15) is 0 Å². The van der Waals surface area contributed by atoms with Crippen LogP contribution in [-0.4, -0.2) is 52.1 Å². The van der Waals surface area contributed by atoms with Crippen molar-refractivity contribution in [2.24, 2.45) is 10.9 Å². The highest BCUT2D eigenvalue weighted by atomic mass is 127. The van der Waals surface area contributed by atoms with E-state index in [1.165, 1.54) is 0 Å². The number of para-hydroxylation sites is 1. The highest BCUT2D eigenvalue weighted by Crippen LogP contribution is 2.18. The van der Waals surface area contributed by atoms with Crippen LogP contribution in [0.25, 0.3) is 0 Å². The second-order valence-electron chi connectivity index (χ2n) is 6.88. The van der Waals surface area contributed by atoms with Gasteiger partial charge in [0.1, 0.15) is 5.75 Å². The highest BCUT2D eigenvalue weighted by molar-refractivity contribution is 14.0. The standard InChI is InChI=1S/C20H33N3O3.HI/c1-16(2)14-26-19-8-5-4-7-17(19)13-23-20(21-3)22-10-6-11-25-18-9-12-24-15-18;/h4-5,7-8,16,18H,6,9-15H2,1-3H3,(H2,21,22,23);1H. The Balaban J connectivity index is 0.00000364. The Labute approximate surface area is 180 Å². The number of guanidine groups is 1. The van der Waals surface area contributed by atoms with Gasteiger partial charge in [-0.25, -0.2) is 0 Å². The van der Waals surface area contributed by atoms with E-state index in [2.05, 4.69) is 35.5 Å². The summed E-state index contributed by atoms with van der Waals surface area (Å²) in [5, 5.41) is 6.67. The number of benzene rings is 1. The molecule has 2 rings (SSSR count). The fraction of sp³-hybridized carbons (Fsp3) is 0.650. The van der Waals surface area contributed by atoms with Crippen LogP contribution in [0.15, 0.2) is 29.3 Å². The van der Waals surface area contributed by atoms with Gasteiger partial charge in [0.05, 0.1) is 19.3 Å². The molecule has 1 heterocycles. The van der Waals surface area contributed by atoms with Crippen molar-refractivity contribution >= 4 is 29.9 Å². The average molecular weight is 491 g/mol. The number of rotatable bonds is 10. The zero-order valence-corrected chi connectivity index (χ0v) is 19.0. The third kappa shape index (κ3) is 9.62. The highest BCUT2D eigenvalue weighted by Gasteiger charge is 2.15. The molecule has 6 nitrogen and oxygen atoms in total. The summed E-state index contributed by atoms with van der Waals surface area (Å²) in [6.07, 6.45) is 2.22. The first-order valence-corrected chi connectivity index (χ1v) is 9.53. The van der Waals surface area contributed by atoms with E-state index in [0.29, 0.717) is 12.5 Å². The zero-order chi connectivity index (χ0) is 18.6. The van der Waals surface area contributed by atoms with Gasteiger partial charge in [0.15, 0.2) is 5.96 Å². The predicted octanol–water partition coefficient (Wildman–Crippen LogP) is 3.20. The summed E-state index contributed by atoms with van der Waals surface area (Å²) in [7, 11) is 1.78. The lowest BCUT2D eigenvalue weighted by molar-refractivity contribution is 0.0420. The van der Waals surface area contributed by atoms with Gasteiger partial charge in [-0.15, -0.1) is 24.0 Å². The third-order valence-corrected chi connectivity index (χ3v) is 4.07. The van der Waals surface area contributed by atoms with Crippen molar-refractivity contribution < 1.29 is 14.2 Å². The lowest BCUT2D eigenvalue weighted by atomic mass is 10.2. The first-order chi connectivity index (χ1) is 12.7. The van der Waals surface area contributed by atoms with E-state index in [1.54, 1.807) is 7.05 Å². The minimum Gasteiger partial charge on any atom is -0.493 e. The third-order valence-electron chi connectivity index (χ3n) is 4.07. The molecule has 1 atom stereocenters. The van der Waals surface area contributed by atoms with Crippen molar-refractivity contribution in [2.45, 2.75) is 39.3 Å². The fourth-order valence-corrected chi connectivity index (χ4v) is 2.62. The molecule has 0 aliphatic carbocycles. The molecule has 154 valence electrons. The zero-order valence-electron chi connectivity index (χ0n) is 16.7. The molecule has 1 aliphatic rings. The molecule has 1 aromatic carbocycles. The van der Waals surface area contributed by atoms with Crippen LogP contribution in [0.3, 0.4) is 0 Å². The van der Waals surface area contributed by atoms with Crippen LogP contribution >= 0.6 is 24.0 Å². The summed E-state index contributed by atoms with van der Waals surface area (Å²) < 4.78 is 17.0. The number of ether oxygens (including phenoxy) is 3. The molecular weight excluding hydrogens is 457 g/mol. The van der Waals surface area contributed by atoms with Gasteiger partial charge in [0.25, 0.3) is 0 Å². The molecule has 0 aromatic heterocycles. The van der Waals surface area contributed by atoms with Crippen molar-refractivity contribution in [3.8, 4) is 5.75 Å². The maximum Gasteiger partial charge on any atom is 0.191 e. The Bertz CT molecular complexity index is 549. The van der Waals surface area contributed by atoms with Crippen molar-refractivity contribution in [1.82, 2.24) is 10.6 Å². The largest absolute Gasteiger partial charge is 0.493 e. The van der Waals surface area contributed by atoms with E-state index >= 15 is 0 Å². The molecule has 1 fully saturated rings. The molecule has 1 saturated heterocycles. The Hall–Kier alpha value is -1.06. The normalized spacial score (nSPS) is 16.9. The smallest absolute Gasteiger partial charge is 0.191 e. The summed E-state index contributed by atoms with van der Waals surface area (Å²) in [5.74, 6) is 2.22. The summed E-state index contributed by atoms with van der Waals surface area (Å²) >= 11 is 0. The van der Waals surface area contributed by atoms with Crippen LogP contribution in [0.4, 0.5) is 0 Å². The quantitative estimate of drug-likeness (QED) is 0.228. The van der Waals surface area contributed by atoms with Crippen molar-refractivity contribution in [3.63, 3.8) is 0 Å². The Kier molecular flexibility index (Phi) is 12.4. The van der Waals surface area contributed by atoms with Crippen LogP contribution in [0.1, 0.15) is 32.3 Å². The van der Waals surface area contributed by atoms with Gasteiger partial charge in [-0.1, -0.05) is 32.0 Å². The van der Waals surface area contributed by atoms with Crippen LogP contribution in [0.2, 0.25) is 0 Å². The lowest BCUT2D eigenvalue weighted by Crippen LogP contribution is -2.37. The first-order valence-electron chi connectivity index (χ1n) is 9.53. The minimum atomic E-state index is 0. The van der Waals surface area contributed by atoms with E-state index in [1.807, 2.05) is 18.2 Å². The SMILES string of the molecule is CN=C(NCCCOC1CCOC1)NCc1ccccc1OCC(C)C.I. The van der Waals surface area contributed by atoms with E-state index in [-0.39, 0.29) is 30.1 Å². The molecule has 0 spiro atoms. The van der Waals surface area contributed by atoms with Gasteiger partial charge in [0, 0.05) is 38.9 Å². The van der Waals surface area contributed by atoms with Crippen LogP contribution in [0.5, 0.6) is 5.75 Å². The number of nitrogens with zero attached hydrogens (tertiary/aromatic N) is 1. The van der Waals surface area contributed by atoms with Crippen molar-refractivity contribution in [2.75, 3.05) is 40.0 Å². The molecule has 0 amide bonds. The Morgan fingerprint density at radius 3 is 2.81 bits per heavy atom. The van der Waals surface area contributed by atoms with Crippen LogP contribution in [-0.2, 0) is 16.0 Å². The van der Waals surface area contributed by atoms with E-state index < -0.39 is 0 Å². The average Bonchev–Trinajstić information content (AvgIpc) is 3.16. The molecule has 7 heteroatoms. The molecule has 1 aliphatic heterocycles. The van der Waals surface area contributed by atoms with Gasteiger partial charge in [-0.3, -0.25) is 4.99 Å². The number of hydrogen-bond donors (Lipinski definition) is 2. The van der Waals surface area contributed by atoms with Gasteiger partial charge >= 0.3 is 0 Å². The van der Waals surface area contributed by atoms with Crippen LogP contribution in [0, 0.1) is 5.92 Å².